The fourth-order valence-electron chi connectivity index (χ4n) is 3.96. The van der Waals surface area contributed by atoms with E-state index in [9.17, 15) is 0 Å². The third-order valence-corrected chi connectivity index (χ3v) is 5.20. The fraction of sp³-hybridized carbons (Fsp3) is 0.227. The first kappa shape index (κ1) is 17.0. The van der Waals surface area contributed by atoms with E-state index in [-0.39, 0.29) is 6.04 Å². The van der Waals surface area contributed by atoms with Crippen LogP contribution in [0.3, 0.4) is 0 Å². The van der Waals surface area contributed by atoms with Gasteiger partial charge in [-0.15, -0.1) is 0 Å². The third kappa shape index (κ3) is 2.24. The van der Waals surface area contributed by atoms with Crippen molar-refractivity contribution < 1.29 is 4.42 Å². The van der Waals surface area contributed by atoms with Crippen LogP contribution in [0.25, 0.3) is 22.1 Å². The Labute approximate surface area is 163 Å². The average Bonchev–Trinajstić information content (AvgIpc) is 3.16. The van der Waals surface area contributed by atoms with Gasteiger partial charge < -0.3 is 9.32 Å². The monoisotopic (exact) mass is 371 g/mol. The Kier molecular flexibility index (Phi) is 3.59. The van der Waals surface area contributed by atoms with Crippen LogP contribution in [-0.2, 0) is 0 Å². The van der Waals surface area contributed by atoms with Gasteiger partial charge in [0, 0.05) is 34.9 Å². The number of anilines is 3. The van der Waals surface area contributed by atoms with Crippen molar-refractivity contribution in [1.82, 2.24) is 15.0 Å². The molecule has 0 bridgehead atoms. The Bertz CT molecular complexity index is 1210. The van der Waals surface area contributed by atoms with E-state index >= 15 is 0 Å². The minimum absolute atomic E-state index is 0.201. The van der Waals surface area contributed by atoms with Gasteiger partial charge in [-0.25, -0.2) is 15.0 Å². The number of hydrogen-bond donors (Lipinski definition) is 0. The molecule has 6 nitrogen and oxygen atoms in total. The minimum atomic E-state index is 0.201. The molecule has 5 rings (SSSR count). The summed E-state index contributed by atoms with van der Waals surface area (Å²) in [6, 6.07) is 8.47. The zero-order valence-electron chi connectivity index (χ0n) is 16.4. The van der Waals surface area contributed by atoms with Crippen LogP contribution in [0, 0.1) is 26.9 Å². The highest BCUT2D eigenvalue weighted by atomic mass is 16.3. The van der Waals surface area contributed by atoms with Crippen molar-refractivity contribution in [3.8, 4) is 0 Å². The molecular formula is C22H21N5O. The maximum Gasteiger partial charge on any atom is 0.227 e. The van der Waals surface area contributed by atoms with E-state index in [0.717, 1.165) is 51.1 Å². The van der Waals surface area contributed by atoms with E-state index < -0.39 is 0 Å². The molecule has 0 saturated carbocycles. The third-order valence-electron chi connectivity index (χ3n) is 5.20. The summed E-state index contributed by atoms with van der Waals surface area (Å²) in [4.78, 5) is 17.9. The SMILES string of the molecule is [CH2][C]1N(c2c(C)ccc3c2oc2nc(C)ccc23)c2nccnc2N1C(C)C. The summed E-state index contributed by atoms with van der Waals surface area (Å²) >= 11 is 0. The predicted molar refractivity (Wildman–Crippen MR) is 111 cm³/mol. The van der Waals surface area contributed by atoms with E-state index in [1.54, 1.807) is 12.4 Å². The molecule has 1 aromatic carbocycles. The van der Waals surface area contributed by atoms with Crippen LogP contribution < -0.4 is 9.80 Å². The largest absolute Gasteiger partial charge is 0.435 e. The molecule has 4 heterocycles. The standard InChI is InChI=1S/C22H21N5O/c1-12(2)26-15(5)27(21-20(26)23-10-11-24-21)18-13(3)6-8-16-17-9-7-14(4)25-22(17)28-19(16)18/h6-12H,5H2,1-4H3. The van der Waals surface area contributed by atoms with Crippen LogP contribution >= 0.6 is 0 Å². The Morgan fingerprint density at radius 1 is 0.964 bits per heavy atom. The topological polar surface area (TPSA) is 58.3 Å². The van der Waals surface area contributed by atoms with Crippen molar-refractivity contribution in [2.75, 3.05) is 9.80 Å². The number of furan rings is 1. The van der Waals surface area contributed by atoms with E-state index in [2.05, 4.69) is 70.6 Å². The first-order valence-electron chi connectivity index (χ1n) is 9.36. The Morgan fingerprint density at radius 2 is 1.68 bits per heavy atom. The molecule has 0 N–H and O–H groups in total. The second-order valence-corrected chi connectivity index (χ2v) is 7.43. The first-order valence-corrected chi connectivity index (χ1v) is 9.36. The molecular weight excluding hydrogens is 350 g/mol. The summed E-state index contributed by atoms with van der Waals surface area (Å²) < 4.78 is 6.26. The summed E-state index contributed by atoms with van der Waals surface area (Å²) in [7, 11) is 0. The predicted octanol–water partition coefficient (Wildman–Crippen LogP) is 5.08. The van der Waals surface area contributed by atoms with Crippen LogP contribution in [0.4, 0.5) is 17.3 Å². The van der Waals surface area contributed by atoms with Crippen LogP contribution in [0.15, 0.2) is 41.1 Å². The summed E-state index contributed by atoms with van der Waals surface area (Å²) in [6.45, 7) is 12.6. The smallest absolute Gasteiger partial charge is 0.227 e. The van der Waals surface area contributed by atoms with Gasteiger partial charge >= 0.3 is 0 Å². The minimum Gasteiger partial charge on any atom is -0.435 e. The molecule has 0 aliphatic carbocycles. The van der Waals surface area contributed by atoms with Crippen molar-refractivity contribution in [3.05, 3.63) is 61.0 Å². The number of hydrogen-bond acceptors (Lipinski definition) is 6. The van der Waals surface area contributed by atoms with E-state index in [1.807, 2.05) is 13.0 Å². The van der Waals surface area contributed by atoms with Crippen molar-refractivity contribution in [1.29, 1.82) is 0 Å². The normalized spacial score (nSPS) is 14.6. The van der Waals surface area contributed by atoms with Crippen LogP contribution in [0.5, 0.6) is 0 Å². The maximum atomic E-state index is 6.26. The molecule has 0 amide bonds. The molecule has 28 heavy (non-hydrogen) atoms. The highest BCUT2D eigenvalue weighted by Crippen LogP contribution is 2.49. The molecule has 0 saturated heterocycles. The number of rotatable bonds is 2. The summed E-state index contributed by atoms with van der Waals surface area (Å²) in [6.07, 6.45) is 4.24. The molecule has 140 valence electrons. The molecule has 0 fully saturated rings. The maximum absolute atomic E-state index is 6.26. The Hall–Kier alpha value is -3.15. The lowest BCUT2D eigenvalue weighted by atomic mass is 10.1. The van der Waals surface area contributed by atoms with Crippen molar-refractivity contribution in [2.24, 2.45) is 0 Å². The highest BCUT2D eigenvalue weighted by Gasteiger charge is 2.40. The molecule has 3 aromatic heterocycles. The molecule has 1 aliphatic heterocycles. The van der Waals surface area contributed by atoms with Crippen LogP contribution in [0.2, 0.25) is 0 Å². The molecule has 0 unspecified atom stereocenters. The fourth-order valence-corrected chi connectivity index (χ4v) is 3.96. The average molecular weight is 371 g/mol. The van der Waals surface area contributed by atoms with E-state index in [0.29, 0.717) is 5.71 Å². The van der Waals surface area contributed by atoms with Crippen LogP contribution in [-0.4, -0.2) is 21.0 Å². The van der Waals surface area contributed by atoms with Gasteiger partial charge in [0.05, 0.1) is 5.69 Å². The van der Waals surface area contributed by atoms with Gasteiger partial charge in [-0.05, 0) is 52.3 Å². The number of aryl methyl sites for hydroxylation is 2. The lowest BCUT2D eigenvalue weighted by Gasteiger charge is -2.30. The molecule has 0 spiro atoms. The number of aromatic nitrogens is 3. The molecule has 0 atom stereocenters. The molecule has 1 aliphatic rings. The second-order valence-electron chi connectivity index (χ2n) is 7.43. The van der Waals surface area contributed by atoms with Gasteiger partial charge in [-0.2, -0.15) is 0 Å². The summed E-state index contributed by atoms with van der Waals surface area (Å²) in [5, 5.41) is 2.04. The van der Waals surface area contributed by atoms with Crippen LogP contribution in [0.1, 0.15) is 25.1 Å². The van der Waals surface area contributed by atoms with Gasteiger partial charge in [0.1, 0.15) is 0 Å². The highest BCUT2D eigenvalue weighted by molar-refractivity contribution is 6.10. The zero-order chi connectivity index (χ0) is 19.6. The van der Waals surface area contributed by atoms with E-state index in [1.165, 1.54) is 0 Å². The van der Waals surface area contributed by atoms with Crippen molar-refractivity contribution in [3.63, 3.8) is 0 Å². The molecule has 6 heteroatoms. The molecule has 2 radical (unpaired) electrons. The zero-order valence-corrected chi connectivity index (χ0v) is 16.4. The van der Waals surface area contributed by atoms with Crippen molar-refractivity contribution in [2.45, 2.75) is 33.7 Å². The van der Waals surface area contributed by atoms with Gasteiger partial charge in [0.25, 0.3) is 0 Å². The lowest BCUT2D eigenvalue weighted by Crippen LogP contribution is -2.36. The lowest BCUT2D eigenvalue weighted by molar-refractivity contribution is 0.650. The number of fused-ring (bicyclic) bond motifs is 4. The first-order chi connectivity index (χ1) is 13.5. The Morgan fingerprint density at radius 3 is 2.43 bits per heavy atom. The number of nitrogens with zero attached hydrogens (tertiary/aromatic N) is 5. The van der Waals surface area contributed by atoms with Gasteiger partial charge in [-0.3, -0.25) is 4.90 Å². The number of pyridine rings is 1. The molecule has 4 aromatic rings. The number of benzene rings is 1. The summed E-state index contributed by atoms with van der Waals surface area (Å²) in [5.41, 5.74) is 4.37. The van der Waals surface area contributed by atoms with Gasteiger partial charge in [0.15, 0.2) is 23.4 Å². The van der Waals surface area contributed by atoms with Gasteiger partial charge in [0.2, 0.25) is 5.71 Å². The summed E-state index contributed by atoms with van der Waals surface area (Å²) in [5.74, 6) is 1.57. The second kappa shape index (κ2) is 5.92. The quantitative estimate of drug-likeness (QED) is 0.490. The van der Waals surface area contributed by atoms with Gasteiger partial charge in [-0.1, -0.05) is 12.1 Å². The van der Waals surface area contributed by atoms with Crippen molar-refractivity contribution >= 4 is 39.4 Å². The Balaban J connectivity index is 1.82. The van der Waals surface area contributed by atoms with E-state index in [4.69, 9.17) is 4.42 Å².